The monoisotopic (exact) mass is 381 g/mol. The van der Waals surface area contributed by atoms with Crippen molar-refractivity contribution in [3.05, 3.63) is 82.2 Å². The van der Waals surface area contributed by atoms with Gasteiger partial charge < -0.3 is 0 Å². The summed E-state index contributed by atoms with van der Waals surface area (Å²) in [5.74, 6) is -0.0849. The van der Waals surface area contributed by atoms with Crippen LogP contribution in [0.1, 0.15) is 41.7 Å². The minimum Gasteiger partial charge on any atom is -0.296 e. The van der Waals surface area contributed by atoms with E-state index in [-0.39, 0.29) is 5.82 Å². The van der Waals surface area contributed by atoms with Crippen LogP contribution in [0.15, 0.2) is 53.6 Å². The largest absolute Gasteiger partial charge is 0.296 e. The van der Waals surface area contributed by atoms with E-state index in [9.17, 15) is 4.39 Å². The van der Waals surface area contributed by atoms with Gasteiger partial charge in [-0.05, 0) is 80.0 Å². The van der Waals surface area contributed by atoms with Crippen LogP contribution in [0, 0.1) is 19.7 Å². The molecule has 0 amide bonds. The number of hydrogen-bond acceptors (Lipinski definition) is 1. The van der Waals surface area contributed by atoms with Gasteiger partial charge in [0.2, 0.25) is 0 Å². The van der Waals surface area contributed by atoms with E-state index in [2.05, 4.69) is 42.8 Å². The highest BCUT2D eigenvalue weighted by Crippen LogP contribution is 2.37. The van der Waals surface area contributed by atoms with Crippen molar-refractivity contribution in [3.8, 4) is 0 Å². The second-order valence-electron chi connectivity index (χ2n) is 6.93. The minimum atomic E-state index is -0.608. The molecular formula is C24H29FNP. The van der Waals surface area contributed by atoms with Crippen LogP contribution in [-0.2, 0) is 6.16 Å². The molecule has 142 valence electrons. The lowest BCUT2D eigenvalue weighted by Crippen LogP contribution is -2.12. The number of hydrogen-bond donors (Lipinski definition) is 0. The third-order valence-corrected chi connectivity index (χ3v) is 6.82. The van der Waals surface area contributed by atoms with Gasteiger partial charge in [0.15, 0.2) is 0 Å². The number of nitrogens with zero attached hydrogens (tertiary/aromatic N) is 1. The van der Waals surface area contributed by atoms with Gasteiger partial charge in [0, 0.05) is 18.6 Å². The summed E-state index contributed by atoms with van der Waals surface area (Å²) >= 11 is 0. The molecule has 0 aliphatic carbocycles. The van der Waals surface area contributed by atoms with Crippen molar-refractivity contribution < 1.29 is 4.39 Å². The lowest BCUT2D eigenvalue weighted by Gasteiger charge is -2.18. The first-order valence-electron chi connectivity index (χ1n) is 9.20. The van der Waals surface area contributed by atoms with Crippen LogP contribution in [0.25, 0.3) is 5.57 Å². The van der Waals surface area contributed by atoms with Crippen molar-refractivity contribution in [1.82, 2.24) is 0 Å². The quantitative estimate of drug-likeness (QED) is 0.311. The molecule has 2 aromatic carbocycles. The van der Waals surface area contributed by atoms with Crippen LogP contribution in [-0.4, -0.2) is 19.9 Å². The molecule has 0 heterocycles. The van der Waals surface area contributed by atoms with Gasteiger partial charge in [0.05, 0.1) is 0 Å². The predicted molar refractivity (Wildman–Crippen MR) is 120 cm³/mol. The molecule has 1 nitrogen and oxygen atoms in total. The van der Waals surface area contributed by atoms with E-state index in [0.29, 0.717) is 0 Å². The predicted octanol–water partition coefficient (Wildman–Crippen LogP) is 6.41. The molecule has 27 heavy (non-hydrogen) atoms. The summed E-state index contributed by atoms with van der Waals surface area (Å²) < 4.78 is 14.9. The van der Waals surface area contributed by atoms with Crippen molar-refractivity contribution in [2.75, 3.05) is 13.7 Å². The van der Waals surface area contributed by atoms with Gasteiger partial charge in [-0.15, -0.1) is 0 Å². The average Bonchev–Trinajstić information content (AvgIpc) is 2.61. The lowest BCUT2D eigenvalue weighted by molar-refractivity contribution is 0.635. The second-order valence-corrected chi connectivity index (χ2v) is 9.09. The molecule has 1 atom stereocenters. The molecule has 2 rings (SSSR count). The smallest absolute Gasteiger partial charge is 0.131 e. The lowest BCUT2D eigenvalue weighted by atomic mass is 10.0. The number of aliphatic imine (C=N–C) groups is 1. The van der Waals surface area contributed by atoms with Gasteiger partial charge in [-0.2, -0.15) is 0 Å². The van der Waals surface area contributed by atoms with Crippen LogP contribution in [0.5, 0.6) is 0 Å². The zero-order valence-corrected chi connectivity index (χ0v) is 18.1. The Labute approximate surface area is 164 Å². The molecule has 0 aliphatic heterocycles. The van der Waals surface area contributed by atoms with E-state index >= 15 is 0 Å². The van der Waals surface area contributed by atoms with E-state index in [1.54, 1.807) is 13.1 Å². The van der Waals surface area contributed by atoms with Crippen molar-refractivity contribution in [1.29, 1.82) is 0 Å². The Morgan fingerprint density at radius 1 is 1.15 bits per heavy atom. The zero-order chi connectivity index (χ0) is 20.0. The third-order valence-electron chi connectivity index (χ3n) is 4.65. The molecule has 0 fully saturated rings. The Kier molecular flexibility index (Phi) is 7.68. The molecule has 0 spiro atoms. The SMILES string of the molecule is C/C=C\C=C(/C)c1cc(C)c(P(C)Cc2ccc(C=NC)c(C)c2)c(F)c1. The highest BCUT2D eigenvalue weighted by molar-refractivity contribution is 7.64. The average molecular weight is 381 g/mol. The first-order chi connectivity index (χ1) is 12.9. The number of rotatable bonds is 6. The van der Waals surface area contributed by atoms with Crippen molar-refractivity contribution in [2.45, 2.75) is 33.9 Å². The molecule has 0 N–H and O–H groups in total. The second kappa shape index (κ2) is 9.76. The molecular weight excluding hydrogens is 352 g/mol. The van der Waals surface area contributed by atoms with E-state index in [1.165, 1.54) is 11.1 Å². The highest BCUT2D eigenvalue weighted by Gasteiger charge is 2.16. The van der Waals surface area contributed by atoms with E-state index in [4.69, 9.17) is 0 Å². The molecule has 1 unspecified atom stereocenters. The van der Waals surface area contributed by atoms with Crippen LogP contribution in [0.3, 0.4) is 0 Å². The number of allylic oxidation sites excluding steroid dienone is 4. The van der Waals surface area contributed by atoms with Crippen LogP contribution < -0.4 is 5.30 Å². The number of halogens is 1. The third kappa shape index (κ3) is 5.47. The maximum Gasteiger partial charge on any atom is 0.131 e. The molecule has 0 aliphatic rings. The fraction of sp³-hybridized carbons (Fsp3) is 0.292. The summed E-state index contributed by atoms with van der Waals surface area (Å²) in [5, 5.41) is 0.879. The van der Waals surface area contributed by atoms with Gasteiger partial charge >= 0.3 is 0 Å². The zero-order valence-electron chi connectivity index (χ0n) is 17.2. The van der Waals surface area contributed by atoms with Crippen molar-refractivity contribution >= 4 is 25.0 Å². The van der Waals surface area contributed by atoms with Crippen molar-refractivity contribution in [3.63, 3.8) is 0 Å². The molecule has 0 radical (unpaired) electrons. The topological polar surface area (TPSA) is 12.4 Å². The van der Waals surface area contributed by atoms with Crippen LogP contribution in [0.4, 0.5) is 4.39 Å². The maximum absolute atomic E-state index is 14.9. The van der Waals surface area contributed by atoms with Gasteiger partial charge in [-0.3, -0.25) is 4.99 Å². The summed E-state index contributed by atoms with van der Waals surface area (Å²) in [6, 6.07) is 10.2. The van der Waals surface area contributed by atoms with Gasteiger partial charge in [0.25, 0.3) is 0 Å². The Morgan fingerprint density at radius 3 is 2.48 bits per heavy atom. The van der Waals surface area contributed by atoms with E-state index < -0.39 is 7.92 Å². The number of aryl methyl sites for hydroxylation is 2. The fourth-order valence-electron chi connectivity index (χ4n) is 3.26. The standard InChI is InChI=1S/C24H29FNP/c1-7-8-9-17(2)22-13-19(4)24(23(25)14-22)27(6)16-20-10-11-21(15-26-5)18(3)12-20/h7-15H,16H2,1-6H3/b8-7-,17-9+,26-15?. The Balaban J connectivity index is 2.28. The summed E-state index contributed by atoms with van der Waals surface area (Å²) in [5.41, 5.74) is 6.66. The Bertz CT molecular complexity index is 870. The summed E-state index contributed by atoms with van der Waals surface area (Å²) in [4.78, 5) is 4.09. The van der Waals surface area contributed by atoms with Crippen LogP contribution in [0.2, 0.25) is 0 Å². The van der Waals surface area contributed by atoms with Gasteiger partial charge in [-0.25, -0.2) is 4.39 Å². The molecule has 0 saturated heterocycles. The molecule has 3 heteroatoms. The summed E-state index contributed by atoms with van der Waals surface area (Å²) in [6.07, 6.45) is 8.74. The Hall–Kier alpha value is -2.05. The number of benzene rings is 2. The molecule has 0 bridgehead atoms. The van der Waals surface area contributed by atoms with Gasteiger partial charge in [-0.1, -0.05) is 50.4 Å². The van der Waals surface area contributed by atoms with E-state index in [1.807, 2.05) is 45.2 Å². The summed E-state index contributed by atoms with van der Waals surface area (Å²) in [7, 11) is 1.17. The molecule has 0 saturated carbocycles. The highest BCUT2D eigenvalue weighted by atomic mass is 31.1. The fourth-order valence-corrected chi connectivity index (χ4v) is 5.26. The maximum atomic E-state index is 14.9. The first kappa shape index (κ1) is 21.3. The minimum absolute atomic E-state index is 0.0849. The van der Waals surface area contributed by atoms with E-state index in [0.717, 1.165) is 33.7 Å². The van der Waals surface area contributed by atoms with Crippen molar-refractivity contribution in [2.24, 2.45) is 4.99 Å². The Morgan fingerprint density at radius 2 is 1.89 bits per heavy atom. The molecule has 2 aromatic rings. The summed E-state index contributed by atoms with van der Waals surface area (Å²) in [6.45, 7) is 10.3. The van der Waals surface area contributed by atoms with Gasteiger partial charge in [0.1, 0.15) is 5.82 Å². The molecule has 0 aromatic heterocycles. The van der Waals surface area contributed by atoms with Crippen LogP contribution >= 0.6 is 7.92 Å². The first-order valence-corrected chi connectivity index (χ1v) is 11.2. The normalized spacial score (nSPS) is 13.7.